The van der Waals surface area contributed by atoms with E-state index in [1.165, 1.54) is 32.1 Å². The number of halogens is 1. The minimum absolute atomic E-state index is 0. The molecule has 7 nitrogen and oxygen atoms in total. The molecule has 152 valence electrons. The standard InChI is InChI=1S/C19H31N5O2.HI/c1-2-3-4-5-6-7-12-22-19(21)24-13-15-8-10-16(11-9-15)18(26)23-14-17(20)25;/h8-11H,2-7,12-14H2,1H3,(H2,20,25)(H,23,26)(H3,21,22,24);1H. The van der Waals surface area contributed by atoms with Gasteiger partial charge in [-0.25, -0.2) is 4.99 Å². The van der Waals surface area contributed by atoms with Gasteiger partial charge in [-0.3, -0.25) is 9.59 Å². The highest BCUT2D eigenvalue weighted by atomic mass is 127. The van der Waals surface area contributed by atoms with E-state index in [9.17, 15) is 9.59 Å². The van der Waals surface area contributed by atoms with Crippen LogP contribution < -0.4 is 22.1 Å². The highest BCUT2D eigenvalue weighted by molar-refractivity contribution is 14.0. The fourth-order valence-corrected chi connectivity index (χ4v) is 2.39. The van der Waals surface area contributed by atoms with E-state index < -0.39 is 5.91 Å². The lowest BCUT2D eigenvalue weighted by Gasteiger charge is -2.06. The van der Waals surface area contributed by atoms with E-state index in [2.05, 4.69) is 22.5 Å². The predicted octanol–water partition coefficient (Wildman–Crippen LogP) is 2.28. The van der Waals surface area contributed by atoms with Crippen LogP contribution in [0.1, 0.15) is 61.4 Å². The lowest BCUT2D eigenvalue weighted by atomic mass is 10.1. The molecule has 0 saturated heterocycles. The van der Waals surface area contributed by atoms with Gasteiger partial charge in [-0.15, -0.1) is 24.0 Å². The van der Waals surface area contributed by atoms with Crippen molar-refractivity contribution in [3.63, 3.8) is 0 Å². The maximum atomic E-state index is 11.8. The van der Waals surface area contributed by atoms with Crippen molar-refractivity contribution < 1.29 is 9.59 Å². The summed E-state index contributed by atoms with van der Waals surface area (Å²) in [6, 6.07) is 6.98. The normalized spacial score (nSPS) is 10.8. The molecule has 0 saturated carbocycles. The largest absolute Gasteiger partial charge is 0.370 e. The van der Waals surface area contributed by atoms with Gasteiger partial charge in [0, 0.05) is 12.1 Å². The zero-order valence-corrected chi connectivity index (χ0v) is 18.3. The Kier molecular flexibility index (Phi) is 14.2. The maximum absolute atomic E-state index is 11.8. The average Bonchev–Trinajstić information content (AvgIpc) is 2.64. The minimum Gasteiger partial charge on any atom is -0.370 e. The first-order valence-electron chi connectivity index (χ1n) is 9.22. The number of hydrogen-bond acceptors (Lipinski definition) is 3. The van der Waals surface area contributed by atoms with Crippen LogP contribution in [0.3, 0.4) is 0 Å². The second-order valence-electron chi connectivity index (χ2n) is 6.24. The molecule has 1 aromatic rings. The van der Waals surface area contributed by atoms with Gasteiger partial charge in [0.05, 0.1) is 13.1 Å². The van der Waals surface area contributed by atoms with Crippen molar-refractivity contribution in [3.05, 3.63) is 35.4 Å². The van der Waals surface area contributed by atoms with Crippen molar-refractivity contribution in [3.8, 4) is 0 Å². The topological polar surface area (TPSA) is 123 Å². The summed E-state index contributed by atoms with van der Waals surface area (Å²) in [4.78, 5) is 26.7. The Labute approximate surface area is 178 Å². The molecule has 27 heavy (non-hydrogen) atoms. The molecular weight excluding hydrogens is 457 g/mol. The number of hydrogen-bond donors (Lipinski definition) is 4. The minimum atomic E-state index is -0.576. The lowest BCUT2D eigenvalue weighted by molar-refractivity contribution is -0.117. The number of amides is 2. The Bertz CT molecular complexity index is 590. The van der Waals surface area contributed by atoms with Gasteiger partial charge in [0.25, 0.3) is 5.91 Å². The molecule has 6 N–H and O–H groups in total. The Morgan fingerprint density at radius 1 is 0.963 bits per heavy atom. The van der Waals surface area contributed by atoms with Gasteiger partial charge < -0.3 is 22.1 Å². The number of rotatable bonds is 12. The van der Waals surface area contributed by atoms with Gasteiger partial charge >= 0.3 is 0 Å². The van der Waals surface area contributed by atoms with Crippen LogP contribution in [0.4, 0.5) is 0 Å². The summed E-state index contributed by atoms with van der Waals surface area (Å²) >= 11 is 0. The van der Waals surface area contributed by atoms with E-state index in [0.29, 0.717) is 18.1 Å². The second-order valence-corrected chi connectivity index (χ2v) is 6.24. The van der Waals surface area contributed by atoms with E-state index in [0.717, 1.165) is 18.5 Å². The number of nitrogens with one attached hydrogen (secondary N) is 2. The number of primary amides is 1. The first-order chi connectivity index (χ1) is 12.5. The molecule has 0 radical (unpaired) electrons. The molecular formula is C19H32IN5O2. The molecule has 0 heterocycles. The molecule has 0 aliphatic carbocycles. The number of nitrogens with zero attached hydrogens (tertiary/aromatic N) is 1. The molecule has 1 rings (SSSR count). The Morgan fingerprint density at radius 2 is 1.59 bits per heavy atom. The van der Waals surface area contributed by atoms with Crippen molar-refractivity contribution in [2.45, 2.75) is 52.0 Å². The van der Waals surface area contributed by atoms with Crippen LogP contribution in [0.15, 0.2) is 29.3 Å². The molecule has 0 aromatic heterocycles. The highest BCUT2D eigenvalue weighted by Gasteiger charge is 2.06. The smallest absolute Gasteiger partial charge is 0.251 e. The van der Waals surface area contributed by atoms with Crippen LogP contribution in [0.25, 0.3) is 0 Å². The van der Waals surface area contributed by atoms with Crippen LogP contribution in [-0.2, 0) is 11.3 Å². The van der Waals surface area contributed by atoms with Crippen LogP contribution in [0.2, 0.25) is 0 Å². The number of benzene rings is 1. The van der Waals surface area contributed by atoms with Crippen molar-refractivity contribution >= 4 is 41.8 Å². The van der Waals surface area contributed by atoms with E-state index in [4.69, 9.17) is 11.5 Å². The van der Waals surface area contributed by atoms with Gasteiger partial charge in [0.15, 0.2) is 5.96 Å². The lowest BCUT2D eigenvalue weighted by Crippen LogP contribution is -2.33. The van der Waals surface area contributed by atoms with Crippen LogP contribution in [0, 0.1) is 0 Å². The molecule has 8 heteroatoms. The van der Waals surface area contributed by atoms with Gasteiger partial charge in [-0.2, -0.15) is 0 Å². The number of unbranched alkanes of at least 4 members (excludes halogenated alkanes) is 5. The molecule has 0 unspecified atom stereocenters. The van der Waals surface area contributed by atoms with Gasteiger partial charge in [0.2, 0.25) is 5.91 Å². The number of carbonyl (C=O) groups is 2. The fraction of sp³-hybridized carbons (Fsp3) is 0.526. The molecule has 2 amide bonds. The van der Waals surface area contributed by atoms with Crippen LogP contribution in [0.5, 0.6) is 0 Å². The van der Waals surface area contributed by atoms with Gasteiger partial charge in [-0.05, 0) is 24.1 Å². The number of guanidine groups is 1. The molecule has 1 aromatic carbocycles. The predicted molar refractivity (Wildman–Crippen MR) is 120 cm³/mol. The third kappa shape index (κ3) is 12.2. The SMILES string of the molecule is CCCCCCCCNC(N)=NCc1ccc(C(=O)NCC(N)=O)cc1.I. The van der Waals surface area contributed by atoms with Crippen molar-refractivity contribution in [2.24, 2.45) is 16.5 Å². The summed E-state index contributed by atoms with van der Waals surface area (Å²) < 4.78 is 0. The number of nitrogens with two attached hydrogens (primary N) is 2. The first kappa shape index (κ1) is 25.2. The molecule has 0 bridgehead atoms. The van der Waals surface area contributed by atoms with Crippen LogP contribution >= 0.6 is 24.0 Å². The van der Waals surface area contributed by atoms with E-state index >= 15 is 0 Å². The van der Waals surface area contributed by atoms with Gasteiger partial charge in [0.1, 0.15) is 0 Å². The second kappa shape index (κ2) is 15.2. The van der Waals surface area contributed by atoms with E-state index in [-0.39, 0.29) is 36.4 Å². The maximum Gasteiger partial charge on any atom is 0.251 e. The van der Waals surface area contributed by atoms with Crippen LogP contribution in [-0.4, -0.2) is 30.9 Å². The highest BCUT2D eigenvalue weighted by Crippen LogP contribution is 2.06. The zero-order chi connectivity index (χ0) is 19.2. The Morgan fingerprint density at radius 3 is 2.22 bits per heavy atom. The molecule has 0 aliphatic rings. The summed E-state index contributed by atoms with van der Waals surface area (Å²) in [5.41, 5.74) is 12.3. The van der Waals surface area contributed by atoms with Crippen molar-refractivity contribution in [1.29, 1.82) is 0 Å². The quantitative estimate of drug-likeness (QED) is 0.156. The van der Waals surface area contributed by atoms with Gasteiger partial charge in [-0.1, -0.05) is 51.2 Å². The average molecular weight is 489 g/mol. The molecule has 0 atom stereocenters. The summed E-state index contributed by atoms with van der Waals surface area (Å²) in [6.07, 6.45) is 7.44. The number of aliphatic imine (C=N–C) groups is 1. The van der Waals surface area contributed by atoms with E-state index in [1.807, 2.05) is 12.1 Å². The van der Waals surface area contributed by atoms with E-state index in [1.54, 1.807) is 12.1 Å². The summed E-state index contributed by atoms with van der Waals surface area (Å²) in [5, 5.41) is 5.56. The Hall–Kier alpha value is -1.84. The molecule has 0 fully saturated rings. The number of carbonyl (C=O) groups excluding carboxylic acids is 2. The fourth-order valence-electron chi connectivity index (χ4n) is 2.39. The summed E-state index contributed by atoms with van der Waals surface area (Å²) in [5.74, 6) is -0.478. The summed E-state index contributed by atoms with van der Waals surface area (Å²) in [6.45, 7) is 3.32. The third-order valence-corrected chi connectivity index (χ3v) is 3.91. The third-order valence-electron chi connectivity index (χ3n) is 3.91. The first-order valence-corrected chi connectivity index (χ1v) is 9.22. The zero-order valence-electron chi connectivity index (χ0n) is 16.0. The summed E-state index contributed by atoms with van der Waals surface area (Å²) in [7, 11) is 0. The van der Waals surface area contributed by atoms with Crippen molar-refractivity contribution in [2.75, 3.05) is 13.1 Å². The molecule has 0 spiro atoms. The van der Waals surface area contributed by atoms with Crippen molar-refractivity contribution in [1.82, 2.24) is 10.6 Å². The Balaban J connectivity index is 0.00000676. The molecule has 0 aliphatic heterocycles. The monoisotopic (exact) mass is 489 g/mol.